The van der Waals surface area contributed by atoms with Crippen molar-refractivity contribution in [2.24, 2.45) is 0 Å². The monoisotopic (exact) mass is 365 g/mol. The molecule has 0 spiro atoms. The van der Waals surface area contributed by atoms with Gasteiger partial charge in [0.2, 0.25) is 5.91 Å². The van der Waals surface area contributed by atoms with E-state index in [0.717, 1.165) is 0 Å². The number of rotatable bonds is 7. The maximum atomic E-state index is 12.2. The number of amides is 1. The molecular formula is C17H19NO6S. The number of thioether (sulfide) groups is 1. The zero-order valence-electron chi connectivity index (χ0n) is 14.1. The van der Waals surface area contributed by atoms with E-state index in [4.69, 9.17) is 14.3 Å². The number of nitrogens with one attached hydrogen (secondary N) is 1. The average Bonchev–Trinajstić information content (AvgIpc) is 2.57. The van der Waals surface area contributed by atoms with Gasteiger partial charge in [-0.25, -0.2) is 9.59 Å². The van der Waals surface area contributed by atoms with E-state index in [9.17, 15) is 14.4 Å². The van der Waals surface area contributed by atoms with Crippen molar-refractivity contribution in [1.82, 2.24) is 5.32 Å². The average molecular weight is 365 g/mol. The summed E-state index contributed by atoms with van der Waals surface area (Å²) in [4.78, 5) is 35.5. The molecule has 2 aromatic rings. The van der Waals surface area contributed by atoms with Gasteiger partial charge in [-0.3, -0.25) is 4.79 Å². The van der Waals surface area contributed by atoms with Gasteiger partial charge in [0, 0.05) is 17.2 Å². The van der Waals surface area contributed by atoms with E-state index < -0.39 is 23.5 Å². The summed E-state index contributed by atoms with van der Waals surface area (Å²) in [5.74, 6) is -0.852. The van der Waals surface area contributed by atoms with Gasteiger partial charge in [-0.1, -0.05) is 0 Å². The number of aliphatic carboxylic acids is 1. The number of fused-ring (bicyclic) bond motifs is 1. The molecule has 0 radical (unpaired) electrons. The molecule has 1 amide bonds. The van der Waals surface area contributed by atoms with Crippen LogP contribution in [0, 0.1) is 6.92 Å². The van der Waals surface area contributed by atoms with Crippen molar-refractivity contribution in [2.75, 3.05) is 19.1 Å². The zero-order valence-corrected chi connectivity index (χ0v) is 14.9. The summed E-state index contributed by atoms with van der Waals surface area (Å²) < 4.78 is 10.4. The van der Waals surface area contributed by atoms with E-state index in [1.54, 1.807) is 31.4 Å². The third-order valence-corrected chi connectivity index (χ3v) is 4.47. The van der Waals surface area contributed by atoms with Gasteiger partial charge >= 0.3 is 11.6 Å². The Hall–Kier alpha value is -2.48. The van der Waals surface area contributed by atoms with Gasteiger partial charge < -0.3 is 19.6 Å². The molecule has 1 aromatic heterocycles. The quantitative estimate of drug-likeness (QED) is 0.718. The molecule has 2 rings (SSSR count). The molecule has 25 heavy (non-hydrogen) atoms. The SMILES string of the molecule is COc1ccc2c(C)c(CC(=O)NC(CSC)C(=O)O)c(=O)oc2c1. The van der Waals surface area contributed by atoms with Crippen molar-refractivity contribution in [3.05, 3.63) is 39.7 Å². The first-order valence-corrected chi connectivity index (χ1v) is 8.88. The number of carboxylic acids is 1. The normalized spacial score (nSPS) is 12.0. The van der Waals surface area contributed by atoms with E-state index in [1.807, 2.05) is 0 Å². The topological polar surface area (TPSA) is 106 Å². The lowest BCUT2D eigenvalue weighted by Gasteiger charge is -2.14. The first kappa shape index (κ1) is 18.9. The molecule has 0 saturated heterocycles. The first-order chi connectivity index (χ1) is 11.9. The minimum atomic E-state index is -1.11. The predicted molar refractivity (Wildman–Crippen MR) is 95.4 cm³/mol. The molecule has 134 valence electrons. The molecule has 1 atom stereocenters. The number of hydrogen-bond acceptors (Lipinski definition) is 6. The van der Waals surface area contributed by atoms with Crippen molar-refractivity contribution in [2.45, 2.75) is 19.4 Å². The maximum absolute atomic E-state index is 12.2. The Morgan fingerprint density at radius 2 is 2.12 bits per heavy atom. The second kappa shape index (κ2) is 8.06. The minimum Gasteiger partial charge on any atom is -0.497 e. The van der Waals surface area contributed by atoms with Crippen LogP contribution in [0.15, 0.2) is 27.4 Å². The van der Waals surface area contributed by atoms with Crippen molar-refractivity contribution in [3.8, 4) is 5.75 Å². The highest BCUT2D eigenvalue weighted by Gasteiger charge is 2.21. The van der Waals surface area contributed by atoms with Gasteiger partial charge in [0.25, 0.3) is 0 Å². The summed E-state index contributed by atoms with van der Waals surface area (Å²) in [6.45, 7) is 1.73. The molecule has 0 saturated carbocycles. The third-order valence-electron chi connectivity index (χ3n) is 3.80. The van der Waals surface area contributed by atoms with Crippen LogP contribution in [-0.4, -0.2) is 42.1 Å². The van der Waals surface area contributed by atoms with Crippen LogP contribution in [-0.2, 0) is 16.0 Å². The highest BCUT2D eigenvalue weighted by molar-refractivity contribution is 7.98. The summed E-state index contributed by atoms with van der Waals surface area (Å²) >= 11 is 1.31. The van der Waals surface area contributed by atoms with Gasteiger partial charge in [0.1, 0.15) is 17.4 Å². The molecular weight excluding hydrogens is 346 g/mol. The second-order valence-corrected chi connectivity index (χ2v) is 6.36. The molecule has 1 heterocycles. The van der Waals surface area contributed by atoms with Crippen LogP contribution < -0.4 is 15.7 Å². The van der Waals surface area contributed by atoms with Crippen molar-refractivity contribution in [1.29, 1.82) is 0 Å². The van der Waals surface area contributed by atoms with Gasteiger partial charge in [-0.2, -0.15) is 11.8 Å². The van der Waals surface area contributed by atoms with Crippen LogP contribution in [0.4, 0.5) is 0 Å². The van der Waals surface area contributed by atoms with Crippen molar-refractivity contribution in [3.63, 3.8) is 0 Å². The fourth-order valence-electron chi connectivity index (χ4n) is 2.45. The fraction of sp³-hybridized carbons (Fsp3) is 0.353. The molecule has 1 unspecified atom stereocenters. The highest BCUT2D eigenvalue weighted by atomic mass is 32.2. The Labute approximate surface area is 148 Å². The van der Waals surface area contributed by atoms with Crippen molar-refractivity contribution < 1.29 is 23.8 Å². The van der Waals surface area contributed by atoms with E-state index in [2.05, 4.69) is 5.32 Å². The summed E-state index contributed by atoms with van der Waals surface area (Å²) in [6.07, 6.45) is 1.51. The Kier molecular flexibility index (Phi) is 6.08. The molecule has 0 aliphatic carbocycles. The molecule has 8 heteroatoms. The van der Waals surface area contributed by atoms with E-state index >= 15 is 0 Å². The van der Waals surface area contributed by atoms with E-state index in [0.29, 0.717) is 22.3 Å². The Balaban J connectivity index is 2.30. The molecule has 0 aliphatic heterocycles. The molecule has 2 N–H and O–H groups in total. The standard InChI is InChI=1S/C17H19NO6S/c1-9-11-5-4-10(23-2)6-14(11)24-17(22)12(9)7-15(19)18-13(8-25-3)16(20)21/h4-6,13H,7-8H2,1-3H3,(H,18,19)(H,20,21). The molecule has 0 bridgehead atoms. The second-order valence-electron chi connectivity index (χ2n) is 5.45. The summed E-state index contributed by atoms with van der Waals surface area (Å²) in [6, 6.07) is 4.09. The Morgan fingerprint density at radius 1 is 1.40 bits per heavy atom. The van der Waals surface area contributed by atoms with Crippen LogP contribution in [0.1, 0.15) is 11.1 Å². The van der Waals surface area contributed by atoms with Gasteiger partial charge in [-0.05, 0) is 30.9 Å². The number of hydrogen-bond donors (Lipinski definition) is 2. The third kappa shape index (κ3) is 4.33. The number of carbonyl (C=O) groups is 2. The number of ether oxygens (including phenoxy) is 1. The number of methoxy groups -OCH3 is 1. The lowest BCUT2D eigenvalue weighted by molar-refractivity contribution is -0.141. The number of aryl methyl sites for hydroxylation is 1. The van der Waals surface area contributed by atoms with Gasteiger partial charge in [-0.15, -0.1) is 0 Å². The fourth-order valence-corrected chi connectivity index (χ4v) is 3.01. The first-order valence-electron chi connectivity index (χ1n) is 7.48. The number of carboxylic acid groups (broad SMARTS) is 1. The largest absolute Gasteiger partial charge is 0.497 e. The number of carbonyl (C=O) groups excluding carboxylic acids is 1. The van der Waals surface area contributed by atoms with Crippen LogP contribution in [0.25, 0.3) is 11.0 Å². The summed E-state index contributed by atoms with van der Waals surface area (Å²) in [5.41, 5.74) is 0.589. The summed E-state index contributed by atoms with van der Waals surface area (Å²) in [7, 11) is 1.51. The Morgan fingerprint density at radius 3 is 2.72 bits per heavy atom. The van der Waals surface area contributed by atoms with Crippen LogP contribution in [0.3, 0.4) is 0 Å². The zero-order chi connectivity index (χ0) is 18.6. The van der Waals surface area contributed by atoms with E-state index in [-0.39, 0.29) is 17.7 Å². The smallest absolute Gasteiger partial charge is 0.340 e. The van der Waals surface area contributed by atoms with Gasteiger partial charge in [0.15, 0.2) is 0 Å². The van der Waals surface area contributed by atoms with Crippen LogP contribution in [0.2, 0.25) is 0 Å². The lowest BCUT2D eigenvalue weighted by Crippen LogP contribution is -2.43. The van der Waals surface area contributed by atoms with Gasteiger partial charge in [0.05, 0.1) is 19.1 Å². The van der Waals surface area contributed by atoms with E-state index in [1.165, 1.54) is 18.9 Å². The predicted octanol–water partition coefficient (Wildman–Crippen LogP) is 1.58. The molecule has 1 aromatic carbocycles. The van der Waals surface area contributed by atoms with Crippen molar-refractivity contribution >= 4 is 34.6 Å². The summed E-state index contributed by atoms with van der Waals surface area (Å²) in [5, 5.41) is 12.2. The molecule has 0 fully saturated rings. The highest BCUT2D eigenvalue weighted by Crippen LogP contribution is 2.24. The molecule has 0 aliphatic rings. The van der Waals surface area contributed by atoms with Crippen LogP contribution in [0.5, 0.6) is 5.75 Å². The lowest BCUT2D eigenvalue weighted by atomic mass is 10.0. The Bertz CT molecular complexity index is 860. The molecule has 7 nitrogen and oxygen atoms in total. The number of benzene rings is 1. The minimum absolute atomic E-state index is 0.212. The maximum Gasteiger partial charge on any atom is 0.340 e. The van der Waals surface area contributed by atoms with Crippen LogP contribution >= 0.6 is 11.8 Å².